The molecule has 1 heterocycles. The Hall–Kier alpha value is -3.15. The van der Waals surface area contributed by atoms with Crippen molar-refractivity contribution in [3.8, 4) is 5.75 Å². The smallest absolute Gasteiger partial charge is 0.336 e. The summed E-state index contributed by atoms with van der Waals surface area (Å²) in [6, 6.07) is 12.2. The summed E-state index contributed by atoms with van der Waals surface area (Å²) in [6.45, 7) is 0. The van der Waals surface area contributed by atoms with Crippen LogP contribution in [0.1, 0.15) is 17.0 Å². The number of methoxy groups -OCH3 is 2. The molecule has 134 valence electrons. The summed E-state index contributed by atoms with van der Waals surface area (Å²) in [6.07, 6.45) is 0.261. The Morgan fingerprint density at radius 3 is 2.50 bits per heavy atom. The first-order valence-electron chi connectivity index (χ1n) is 7.96. The maximum atomic E-state index is 13.1. The van der Waals surface area contributed by atoms with Crippen LogP contribution in [0.3, 0.4) is 0 Å². The first-order valence-corrected chi connectivity index (χ1v) is 7.96. The van der Waals surface area contributed by atoms with Gasteiger partial charge < -0.3 is 13.9 Å². The summed E-state index contributed by atoms with van der Waals surface area (Å²) >= 11 is 0. The molecule has 1 atom stereocenters. The summed E-state index contributed by atoms with van der Waals surface area (Å²) in [5.41, 5.74) is 0.986. The van der Waals surface area contributed by atoms with Gasteiger partial charge in [-0.1, -0.05) is 12.1 Å². The van der Waals surface area contributed by atoms with E-state index in [9.17, 15) is 14.0 Å². The van der Waals surface area contributed by atoms with Gasteiger partial charge in [0.2, 0.25) is 0 Å². The molecular weight excluding hydrogens is 339 g/mol. The molecule has 0 N–H and O–H groups in total. The quantitative estimate of drug-likeness (QED) is 0.518. The van der Waals surface area contributed by atoms with Crippen LogP contribution in [0.25, 0.3) is 11.0 Å². The van der Waals surface area contributed by atoms with Gasteiger partial charge in [-0.15, -0.1) is 0 Å². The molecule has 0 bridgehead atoms. The molecule has 5 nitrogen and oxygen atoms in total. The molecule has 1 aromatic heterocycles. The highest BCUT2D eigenvalue weighted by molar-refractivity contribution is 5.89. The maximum absolute atomic E-state index is 13.1. The van der Waals surface area contributed by atoms with Crippen LogP contribution in [0.2, 0.25) is 0 Å². The van der Waals surface area contributed by atoms with Crippen molar-refractivity contribution in [2.24, 2.45) is 0 Å². The van der Waals surface area contributed by atoms with E-state index in [-0.39, 0.29) is 12.2 Å². The van der Waals surface area contributed by atoms with E-state index in [2.05, 4.69) is 0 Å². The van der Waals surface area contributed by atoms with Crippen LogP contribution in [0, 0.1) is 5.82 Å². The number of fused-ring (bicyclic) bond motifs is 1. The molecule has 2 aromatic carbocycles. The molecule has 0 radical (unpaired) electrons. The van der Waals surface area contributed by atoms with Crippen LogP contribution in [0.4, 0.5) is 4.39 Å². The number of halogens is 1. The Balaban J connectivity index is 2.12. The van der Waals surface area contributed by atoms with Crippen LogP contribution in [-0.4, -0.2) is 20.2 Å². The first-order chi connectivity index (χ1) is 12.5. The highest BCUT2D eigenvalue weighted by Gasteiger charge is 2.25. The minimum absolute atomic E-state index is 0.261. The lowest BCUT2D eigenvalue weighted by molar-refractivity contribution is -0.142. The van der Waals surface area contributed by atoms with E-state index in [1.165, 1.54) is 32.4 Å². The van der Waals surface area contributed by atoms with Gasteiger partial charge >= 0.3 is 11.6 Å². The molecule has 0 fully saturated rings. The molecule has 0 aliphatic carbocycles. The Bertz CT molecular complexity index is 991. The molecule has 0 amide bonds. The Morgan fingerprint density at radius 2 is 1.85 bits per heavy atom. The second kappa shape index (κ2) is 7.39. The number of hydrogen-bond acceptors (Lipinski definition) is 5. The van der Waals surface area contributed by atoms with Gasteiger partial charge in [0.15, 0.2) is 0 Å². The molecule has 0 saturated carbocycles. The van der Waals surface area contributed by atoms with Gasteiger partial charge in [-0.2, -0.15) is 0 Å². The van der Waals surface area contributed by atoms with Crippen LogP contribution in [0.5, 0.6) is 5.75 Å². The summed E-state index contributed by atoms with van der Waals surface area (Å²) in [4.78, 5) is 24.4. The van der Waals surface area contributed by atoms with Gasteiger partial charge in [-0.3, -0.25) is 4.79 Å². The van der Waals surface area contributed by atoms with E-state index in [1.807, 2.05) is 0 Å². The van der Waals surface area contributed by atoms with Gasteiger partial charge in [-0.25, -0.2) is 9.18 Å². The zero-order chi connectivity index (χ0) is 18.7. The predicted octanol–water partition coefficient (Wildman–Crippen LogP) is 3.44. The van der Waals surface area contributed by atoms with Crippen molar-refractivity contribution in [2.75, 3.05) is 14.2 Å². The van der Waals surface area contributed by atoms with Gasteiger partial charge in [0.05, 0.1) is 20.1 Å². The van der Waals surface area contributed by atoms with Gasteiger partial charge in [0.25, 0.3) is 0 Å². The Kier molecular flexibility index (Phi) is 5.02. The zero-order valence-corrected chi connectivity index (χ0v) is 14.3. The van der Waals surface area contributed by atoms with Crippen molar-refractivity contribution in [3.63, 3.8) is 0 Å². The molecule has 3 rings (SSSR count). The van der Waals surface area contributed by atoms with Gasteiger partial charge in [0, 0.05) is 17.5 Å². The number of rotatable bonds is 5. The summed E-state index contributed by atoms with van der Waals surface area (Å²) in [5.74, 6) is -1.05. The average molecular weight is 356 g/mol. The third kappa shape index (κ3) is 3.59. The number of esters is 1. The van der Waals surface area contributed by atoms with Crippen molar-refractivity contribution in [1.29, 1.82) is 0 Å². The third-order valence-electron chi connectivity index (χ3n) is 4.20. The fraction of sp³-hybridized carbons (Fsp3) is 0.200. The highest BCUT2D eigenvalue weighted by Crippen LogP contribution is 2.30. The van der Waals surface area contributed by atoms with E-state index in [4.69, 9.17) is 13.9 Å². The normalized spacial score (nSPS) is 12.0. The fourth-order valence-electron chi connectivity index (χ4n) is 2.90. The summed E-state index contributed by atoms with van der Waals surface area (Å²) in [7, 11) is 2.80. The van der Waals surface area contributed by atoms with E-state index in [0.29, 0.717) is 22.3 Å². The van der Waals surface area contributed by atoms with Crippen molar-refractivity contribution < 1.29 is 23.1 Å². The molecule has 0 aliphatic rings. The Labute approximate surface area is 149 Å². The SMILES string of the molecule is COC(=O)C(Cc1ccc(F)cc1)c1cc(=O)oc2cc(OC)ccc12. The van der Waals surface area contributed by atoms with Crippen molar-refractivity contribution >= 4 is 16.9 Å². The van der Waals surface area contributed by atoms with E-state index < -0.39 is 17.5 Å². The standard InChI is InChI=1S/C20H17FO5/c1-24-14-7-8-15-16(11-19(22)26-18(15)10-14)17(20(23)25-2)9-12-3-5-13(21)6-4-12/h3-8,10-11,17H,9H2,1-2H3. The number of benzene rings is 2. The topological polar surface area (TPSA) is 65.7 Å². The first kappa shape index (κ1) is 17.7. The van der Waals surface area contributed by atoms with Gasteiger partial charge in [0.1, 0.15) is 17.1 Å². The second-order valence-electron chi connectivity index (χ2n) is 5.79. The monoisotopic (exact) mass is 356 g/mol. The van der Waals surface area contributed by atoms with Crippen molar-refractivity contribution in [1.82, 2.24) is 0 Å². The number of ether oxygens (including phenoxy) is 2. The third-order valence-corrected chi connectivity index (χ3v) is 4.20. The number of hydrogen-bond donors (Lipinski definition) is 0. The zero-order valence-electron chi connectivity index (χ0n) is 14.3. The lowest BCUT2D eigenvalue weighted by Crippen LogP contribution is -2.19. The molecule has 3 aromatic rings. The molecule has 6 heteroatoms. The molecule has 0 aliphatic heterocycles. The van der Waals surface area contributed by atoms with E-state index in [0.717, 1.165) is 5.56 Å². The minimum Gasteiger partial charge on any atom is -0.497 e. The van der Waals surface area contributed by atoms with Crippen LogP contribution < -0.4 is 10.4 Å². The summed E-state index contributed by atoms with van der Waals surface area (Å²) < 4.78 is 28.5. The lowest BCUT2D eigenvalue weighted by Gasteiger charge is -2.17. The second-order valence-corrected chi connectivity index (χ2v) is 5.79. The predicted molar refractivity (Wildman–Crippen MR) is 93.9 cm³/mol. The van der Waals surface area contributed by atoms with E-state index in [1.54, 1.807) is 30.3 Å². The van der Waals surface area contributed by atoms with Crippen LogP contribution in [-0.2, 0) is 16.0 Å². The van der Waals surface area contributed by atoms with Crippen molar-refractivity contribution in [2.45, 2.75) is 12.3 Å². The lowest BCUT2D eigenvalue weighted by atomic mass is 9.90. The van der Waals surface area contributed by atoms with Crippen LogP contribution >= 0.6 is 0 Å². The highest BCUT2D eigenvalue weighted by atomic mass is 19.1. The molecule has 26 heavy (non-hydrogen) atoms. The van der Waals surface area contributed by atoms with E-state index >= 15 is 0 Å². The summed E-state index contributed by atoms with van der Waals surface area (Å²) in [5, 5.41) is 0.614. The number of carbonyl (C=O) groups excluding carboxylic acids is 1. The minimum atomic E-state index is -0.731. The molecule has 0 spiro atoms. The van der Waals surface area contributed by atoms with Crippen LogP contribution in [0.15, 0.2) is 57.7 Å². The molecular formula is C20H17FO5. The largest absolute Gasteiger partial charge is 0.497 e. The van der Waals surface area contributed by atoms with Crippen molar-refractivity contribution in [3.05, 3.63) is 75.9 Å². The fourth-order valence-corrected chi connectivity index (χ4v) is 2.90. The average Bonchev–Trinajstić information content (AvgIpc) is 2.65. The maximum Gasteiger partial charge on any atom is 0.336 e. The molecule has 1 unspecified atom stereocenters. The molecule has 0 saturated heterocycles. The Morgan fingerprint density at radius 1 is 1.12 bits per heavy atom. The number of carbonyl (C=O) groups is 1. The van der Waals surface area contributed by atoms with Gasteiger partial charge in [-0.05, 0) is 41.8 Å².